The van der Waals surface area contributed by atoms with E-state index in [1.807, 2.05) is 0 Å². The van der Waals surface area contributed by atoms with Gasteiger partial charge in [0.05, 0.1) is 5.56 Å². The minimum absolute atomic E-state index is 0.207. The lowest BCUT2D eigenvalue weighted by atomic mass is 10.1. The maximum atomic E-state index is 12.7. The van der Waals surface area contributed by atoms with Gasteiger partial charge in [-0.25, -0.2) is 14.6 Å². The second kappa shape index (κ2) is 12.2. The van der Waals surface area contributed by atoms with Crippen molar-refractivity contribution in [3.8, 4) is 0 Å². The van der Waals surface area contributed by atoms with Crippen molar-refractivity contribution in [1.29, 1.82) is 0 Å². The molecule has 0 saturated carbocycles. The Morgan fingerprint density at radius 2 is 1.71 bits per heavy atom. The van der Waals surface area contributed by atoms with Crippen molar-refractivity contribution in [2.24, 2.45) is 0 Å². The Labute approximate surface area is 160 Å². The van der Waals surface area contributed by atoms with Gasteiger partial charge in [-0.1, -0.05) is 0 Å². The number of carboxylic acids is 2. The molecule has 0 aliphatic rings. The van der Waals surface area contributed by atoms with Gasteiger partial charge in [0, 0.05) is 25.7 Å². The molecule has 0 bridgehead atoms. The normalized spacial score (nSPS) is 11.3. The van der Waals surface area contributed by atoms with Crippen LogP contribution in [0.3, 0.4) is 0 Å². The molecule has 0 spiro atoms. The SMILES string of the molecule is O=C(O)CC[C@H](NC(=O)NCCCCCNC(=O)c1ccc([18F])nc1)C(=O)O. The van der Waals surface area contributed by atoms with Gasteiger partial charge in [0.2, 0.25) is 5.95 Å². The van der Waals surface area contributed by atoms with Crippen LogP contribution in [0.25, 0.3) is 0 Å². The Hall–Kier alpha value is -3.24. The second-order valence-corrected chi connectivity index (χ2v) is 5.91. The fourth-order valence-electron chi connectivity index (χ4n) is 2.18. The lowest BCUT2D eigenvalue weighted by Crippen LogP contribution is -2.46. The van der Waals surface area contributed by atoms with Crippen LogP contribution in [0.1, 0.15) is 42.5 Å². The highest BCUT2D eigenvalue weighted by atomic mass is 18.2. The number of nitrogens with zero attached hydrogens (tertiary/aromatic N) is 1. The maximum absolute atomic E-state index is 12.7. The summed E-state index contributed by atoms with van der Waals surface area (Å²) in [5.41, 5.74) is 0.260. The lowest BCUT2D eigenvalue weighted by Gasteiger charge is -2.14. The number of urea groups is 1. The minimum atomic E-state index is -1.30. The molecule has 1 aromatic heterocycles. The van der Waals surface area contributed by atoms with E-state index in [2.05, 4.69) is 20.9 Å². The molecule has 0 aliphatic carbocycles. The number of hydrogen-bond acceptors (Lipinski definition) is 5. The molecule has 154 valence electrons. The number of aromatic nitrogens is 1. The number of hydrogen-bond donors (Lipinski definition) is 5. The molecule has 0 aliphatic heterocycles. The molecular weight excluding hydrogens is 374 g/mol. The number of unbranched alkanes of at least 4 members (excludes halogenated alkanes) is 2. The predicted octanol–water partition coefficient (Wildman–Crippen LogP) is 0.738. The van der Waals surface area contributed by atoms with Crippen LogP contribution in [0.15, 0.2) is 18.3 Å². The van der Waals surface area contributed by atoms with Crippen LogP contribution in [0.2, 0.25) is 0 Å². The third kappa shape index (κ3) is 9.46. The van der Waals surface area contributed by atoms with Crippen LogP contribution in [-0.4, -0.2) is 58.2 Å². The van der Waals surface area contributed by atoms with Gasteiger partial charge in [-0.3, -0.25) is 9.59 Å². The number of carbonyl (C=O) groups is 4. The van der Waals surface area contributed by atoms with Gasteiger partial charge < -0.3 is 26.2 Å². The Morgan fingerprint density at radius 3 is 2.29 bits per heavy atom. The van der Waals surface area contributed by atoms with Crippen LogP contribution in [-0.2, 0) is 9.59 Å². The first-order valence-corrected chi connectivity index (χ1v) is 8.68. The number of halogens is 1. The number of carboxylic acid groups (broad SMARTS) is 2. The molecule has 5 N–H and O–H groups in total. The van der Waals surface area contributed by atoms with Crippen molar-refractivity contribution >= 4 is 23.9 Å². The van der Waals surface area contributed by atoms with Gasteiger partial charge in [0.15, 0.2) is 0 Å². The van der Waals surface area contributed by atoms with Gasteiger partial charge in [0.25, 0.3) is 5.91 Å². The molecule has 3 amide bonds. The first-order valence-electron chi connectivity index (χ1n) is 8.68. The number of carbonyl (C=O) groups excluding carboxylic acids is 2. The molecule has 11 heteroatoms. The third-order valence-corrected chi connectivity index (χ3v) is 3.66. The molecule has 10 nitrogen and oxygen atoms in total. The summed E-state index contributed by atoms with van der Waals surface area (Å²) in [6, 6.07) is 0.477. The summed E-state index contributed by atoms with van der Waals surface area (Å²) in [6.07, 6.45) is 2.53. The van der Waals surface area contributed by atoms with Gasteiger partial charge in [-0.05, 0) is 37.8 Å². The molecule has 0 saturated heterocycles. The van der Waals surface area contributed by atoms with E-state index >= 15 is 0 Å². The highest BCUT2D eigenvalue weighted by molar-refractivity contribution is 5.93. The monoisotopic (exact) mass is 397 g/mol. The summed E-state index contributed by atoms with van der Waals surface area (Å²) in [6.45, 7) is 0.700. The van der Waals surface area contributed by atoms with Crippen LogP contribution in [0, 0.1) is 5.95 Å². The van der Waals surface area contributed by atoms with E-state index in [1.54, 1.807) is 0 Å². The Bertz CT molecular complexity index is 683. The van der Waals surface area contributed by atoms with Crippen LogP contribution in [0.5, 0.6) is 0 Å². The molecule has 28 heavy (non-hydrogen) atoms. The first-order chi connectivity index (χ1) is 13.3. The third-order valence-electron chi connectivity index (χ3n) is 3.66. The first kappa shape index (κ1) is 22.8. The van der Waals surface area contributed by atoms with Crippen molar-refractivity contribution in [2.45, 2.75) is 38.1 Å². The average Bonchev–Trinajstić information content (AvgIpc) is 2.64. The largest absolute Gasteiger partial charge is 0.481 e. The minimum Gasteiger partial charge on any atom is -0.481 e. The standard InChI is InChI=1S/C17H23FN4O6/c18-13-6-4-11(10-21-13)15(25)19-8-2-1-3-9-20-17(28)22-12(16(26)27)5-7-14(23)24/h4,6,10,12H,1-3,5,7-9H2,(H,19,25)(H,23,24)(H,26,27)(H2,20,22,28)/t12-/m0/s1/i18-1. The van der Waals surface area contributed by atoms with E-state index in [-0.39, 0.29) is 24.3 Å². The zero-order valence-electron chi connectivity index (χ0n) is 15.1. The molecule has 0 fully saturated rings. The molecule has 1 rings (SSSR count). The van der Waals surface area contributed by atoms with E-state index in [0.29, 0.717) is 32.4 Å². The zero-order valence-corrected chi connectivity index (χ0v) is 15.1. The van der Waals surface area contributed by atoms with Crippen LogP contribution in [0.4, 0.5) is 9.18 Å². The molecule has 1 atom stereocenters. The summed E-state index contributed by atoms with van der Waals surface area (Å²) in [4.78, 5) is 48.3. The fourth-order valence-corrected chi connectivity index (χ4v) is 2.18. The lowest BCUT2D eigenvalue weighted by molar-refractivity contribution is -0.140. The molecule has 1 heterocycles. The number of amides is 3. The second-order valence-electron chi connectivity index (χ2n) is 5.91. The molecular formula is C17H23FN4O6. The number of nitrogens with one attached hydrogen (secondary N) is 3. The number of aliphatic carboxylic acids is 2. The van der Waals surface area contributed by atoms with Gasteiger partial charge in [-0.2, -0.15) is 4.39 Å². The summed E-state index contributed by atoms with van der Waals surface area (Å²) in [5.74, 6) is -3.46. The molecule has 1 aromatic rings. The van der Waals surface area contributed by atoms with Crippen molar-refractivity contribution in [2.75, 3.05) is 13.1 Å². The molecule has 0 radical (unpaired) electrons. The van der Waals surface area contributed by atoms with Crippen molar-refractivity contribution in [3.05, 3.63) is 29.8 Å². The maximum Gasteiger partial charge on any atom is 0.326 e. The van der Waals surface area contributed by atoms with Gasteiger partial charge in [0.1, 0.15) is 6.04 Å². The Kier molecular flexibility index (Phi) is 9.94. The van der Waals surface area contributed by atoms with E-state index < -0.39 is 30.0 Å². The summed E-state index contributed by atoms with van der Waals surface area (Å²) in [5, 5.41) is 24.9. The zero-order chi connectivity index (χ0) is 20.9. The van der Waals surface area contributed by atoms with Crippen molar-refractivity contribution < 1.29 is 33.8 Å². The van der Waals surface area contributed by atoms with Gasteiger partial charge >= 0.3 is 18.0 Å². The van der Waals surface area contributed by atoms with Crippen molar-refractivity contribution in [3.63, 3.8) is 0 Å². The van der Waals surface area contributed by atoms with E-state index in [0.717, 1.165) is 12.3 Å². The van der Waals surface area contributed by atoms with Crippen molar-refractivity contribution in [1.82, 2.24) is 20.9 Å². The fraction of sp³-hybridized carbons (Fsp3) is 0.471. The smallest absolute Gasteiger partial charge is 0.326 e. The topological polar surface area (TPSA) is 158 Å². The van der Waals surface area contributed by atoms with E-state index in [1.165, 1.54) is 6.07 Å². The highest BCUT2D eigenvalue weighted by Gasteiger charge is 2.20. The quantitative estimate of drug-likeness (QED) is 0.257. The predicted molar refractivity (Wildman–Crippen MR) is 95.2 cm³/mol. The van der Waals surface area contributed by atoms with Crippen LogP contribution < -0.4 is 16.0 Å². The number of rotatable bonds is 12. The summed E-state index contributed by atoms with van der Waals surface area (Å²) >= 11 is 0. The van der Waals surface area contributed by atoms with E-state index in [9.17, 15) is 23.6 Å². The van der Waals surface area contributed by atoms with E-state index in [4.69, 9.17) is 10.2 Å². The Morgan fingerprint density at radius 1 is 1.04 bits per heavy atom. The van der Waals surface area contributed by atoms with Gasteiger partial charge in [-0.15, -0.1) is 0 Å². The molecule has 0 unspecified atom stereocenters. The van der Waals surface area contributed by atoms with Crippen LogP contribution >= 0.6 is 0 Å². The summed E-state index contributed by atoms with van der Waals surface area (Å²) < 4.78 is 12.7. The Balaban J connectivity index is 2.13. The number of pyridine rings is 1. The molecule has 0 aromatic carbocycles. The summed E-state index contributed by atoms with van der Waals surface area (Å²) in [7, 11) is 0. The highest BCUT2D eigenvalue weighted by Crippen LogP contribution is 2.00. The average molecular weight is 397 g/mol.